The maximum atomic E-state index is 13.9. The SMILES string of the molecule is C[C@@H](C(=O)NC(C)(C)C)N(CCc1ccccc1)C(=O)CN(c1cccc(Cl)c1)S(=O)(=O)c1ccc(Cl)cc1. The number of carbonyl (C=O) groups is 2. The van der Waals surface area contributed by atoms with E-state index < -0.39 is 34.1 Å². The summed E-state index contributed by atoms with van der Waals surface area (Å²) in [5, 5.41) is 3.61. The van der Waals surface area contributed by atoms with E-state index >= 15 is 0 Å². The topological polar surface area (TPSA) is 86.8 Å². The molecular formula is C29H33Cl2N3O4S. The van der Waals surface area contributed by atoms with Gasteiger partial charge in [-0.3, -0.25) is 13.9 Å². The van der Waals surface area contributed by atoms with Crippen molar-refractivity contribution in [2.45, 2.75) is 50.6 Å². The minimum Gasteiger partial charge on any atom is -0.350 e. The van der Waals surface area contributed by atoms with Crippen LogP contribution in [0.2, 0.25) is 10.0 Å². The van der Waals surface area contributed by atoms with Crippen LogP contribution in [0.15, 0.2) is 83.8 Å². The quantitative estimate of drug-likeness (QED) is 0.335. The third-order valence-electron chi connectivity index (χ3n) is 5.93. The maximum Gasteiger partial charge on any atom is 0.264 e. The molecule has 1 N–H and O–H groups in total. The Morgan fingerprint density at radius 3 is 2.13 bits per heavy atom. The van der Waals surface area contributed by atoms with Gasteiger partial charge in [0, 0.05) is 22.1 Å². The fraction of sp³-hybridized carbons (Fsp3) is 0.310. The van der Waals surface area contributed by atoms with E-state index in [4.69, 9.17) is 23.2 Å². The second kappa shape index (κ2) is 12.9. The molecule has 0 saturated carbocycles. The number of nitrogens with zero attached hydrogens (tertiary/aromatic N) is 2. The monoisotopic (exact) mass is 589 g/mol. The van der Waals surface area contributed by atoms with Gasteiger partial charge in [-0.05, 0) is 82.1 Å². The molecule has 0 spiro atoms. The number of benzene rings is 3. The van der Waals surface area contributed by atoms with E-state index in [9.17, 15) is 18.0 Å². The molecule has 0 bridgehead atoms. The fourth-order valence-electron chi connectivity index (χ4n) is 3.94. The number of carbonyl (C=O) groups excluding carboxylic acids is 2. The number of sulfonamides is 1. The van der Waals surface area contributed by atoms with Crippen molar-refractivity contribution >= 4 is 50.7 Å². The predicted molar refractivity (Wildman–Crippen MR) is 157 cm³/mol. The van der Waals surface area contributed by atoms with Crippen LogP contribution < -0.4 is 9.62 Å². The van der Waals surface area contributed by atoms with Gasteiger partial charge in [-0.2, -0.15) is 0 Å². The lowest BCUT2D eigenvalue weighted by atomic mass is 10.1. The summed E-state index contributed by atoms with van der Waals surface area (Å²) in [6, 6.07) is 20.7. The molecule has 0 aliphatic rings. The van der Waals surface area contributed by atoms with E-state index in [1.165, 1.54) is 35.2 Å². The molecule has 3 rings (SSSR count). The van der Waals surface area contributed by atoms with E-state index in [0.29, 0.717) is 16.5 Å². The Morgan fingerprint density at radius 2 is 1.54 bits per heavy atom. The zero-order valence-corrected chi connectivity index (χ0v) is 24.7. The molecule has 0 saturated heterocycles. The predicted octanol–water partition coefficient (Wildman–Crippen LogP) is 5.56. The molecule has 3 aromatic rings. The molecule has 1 atom stereocenters. The molecule has 7 nitrogen and oxygen atoms in total. The third-order valence-corrected chi connectivity index (χ3v) is 8.20. The van der Waals surface area contributed by atoms with Gasteiger partial charge in [-0.1, -0.05) is 59.6 Å². The van der Waals surface area contributed by atoms with Crippen molar-refractivity contribution in [1.82, 2.24) is 10.2 Å². The first-order valence-corrected chi connectivity index (χ1v) is 14.7. The molecule has 0 heterocycles. The van der Waals surface area contributed by atoms with Crippen LogP contribution in [-0.2, 0) is 26.0 Å². The van der Waals surface area contributed by atoms with Crippen molar-refractivity contribution in [3.05, 3.63) is 94.5 Å². The Balaban J connectivity index is 1.99. The first kappa shape index (κ1) is 30.5. The van der Waals surface area contributed by atoms with Crippen LogP contribution in [0, 0.1) is 0 Å². The van der Waals surface area contributed by atoms with E-state index in [1.54, 1.807) is 25.1 Å². The zero-order chi connectivity index (χ0) is 28.8. The molecule has 0 aromatic heterocycles. The summed E-state index contributed by atoms with van der Waals surface area (Å²) < 4.78 is 28.6. The average molecular weight is 591 g/mol. The molecule has 10 heteroatoms. The minimum atomic E-state index is -4.19. The van der Waals surface area contributed by atoms with Gasteiger partial charge in [-0.15, -0.1) is 0 Å². The smallest absolute Gasteiger partial charge is 0.264 e. The van der Waals surface area contributed by atoms with Crippen molar-refractivity contribution in [1.29, 1.82) is 0 Å². The van der Waals surface area contributed by atoms with Crippen molar-refractivity contribution in [2.24, 2.45) is 0 Å². The molecule has 208 valence electrons. The second-order valence-corrected chi connectivity index (χ2v) is 12.9. The average Bonchev–Trinajstić information content (AvgIpc) is 2.87. The van der Waals surface area contributed by atoms with Crippen LogP contribution >= 0.6 is 23.2 Å². The van der Waals surface area contributed by atoms with E-state index in [-0.39, 0.29) is 23.0 Å². The molecule has 0 aliphatic carbocycles. The number of rotatable bonds is 10. The minimum absolute atomic E-state index is 0.0333. The summed E-state index contributed by atoms with van der Waals surface area (Å²) in [5.74, 6) is -0.862. The Kier molecular flexibility index (Phi) is 10.0. The van der Waals surface area contributed by atoms with Gasteiger partial charge in [0.1, 0.15) is 12.6 Å². The van der Waals surface area contributed by atoms with Crippen LogP contribution in [0.4, 0.5) is 5.69 Å². The lowest BCUT2D eigenvalue weighted by Crippen LogP contribution is -2.55. The number of hydrogen-bond acceptors (Lipinski definition) is 4. The van der Waals surface area contributed by atoms with Crippen molar-refractivity contribution in [3.8, 4) is 0 Å². The molecule has 0 unspecified atom stereocenters. The molecular weight excluding hydrogens is 557 g/mol. The molecule has 0 radical (unpaired) electrons. The van der Waals surface area contributed by atoms with Crippen molar-refractivity contribution in [2.75, 3.05) is 17.4 Å². The van der Waals surface area contributed by atoms with E-state index in [2.05, 4.69) is 5.32 Å². The number of hydrogen-bond donors (Lipinski definition) is 1. The Morgan fingerprint density at radius 1 is 0.897 bits per heavy atom. The highest BCUT2D eigenvalue weighted by atomic mass is 35.5. The van der Waals surface area contributed by atoms with Crippen LogP contribution in [0.1, 0.15) is 33.3 Å². The van der Waals surface area contributed by atoms with Gasteiger partial charge in [0.2, 0.25) is 11.8 Å². The van der Waals surface area contributed by atoms with Crippen LogP contribution in [0.3, 0.4) is 0 Å². The number of amides is 2. The fourth-order valence-corrected chi connectivity index (χ4v) is 5.65. The summed E-state index contributed by atoms with van der Waals surface area (Å²) in [6.45, 7) is 6.88. The number of nitrogens with one attached hydrogen (secondary N) is 1. The molecule has 2 amide bonds. The van der Waals surface area contributed by atoms with Gasteiger partial charge in [-0.25, -0.2) is 8.42 Å². The van der Waals surface area contributed by atoms with Crippen LogP contribution in [-0.4, -0.2) is 49.8 Å². The van der Waals surface area contributed by atoms with Crippen molar-refractivity contribution in [3.63, 3.8) is 0 Å². The molecule has 39 heavy (non-hydrogen) atoms. The maximum absolute atomic E-state index is 13.9. The molecule has 0 aliphatic heterocycles. The van der Waals surface area contributed by atoms with Crippen LogP contribution in [0.5, 0.6) is 0 Å². The van der Waals surface area contributed by atoms with Gasteiger partial charge >= 0.3 is 0 Å². The standard InChI is InChI=1S/C29H33Cl2N3O4S/c1-21(28(36)32-29(2,3)4)33(18-17-22-9-6-5-7-10-22)27(35)20-34(25-12-8-11-24(31)19-25)39(37,38)26-15-13-23(30)14-16-26/h5-16,19,21H,17-18,20H2,1-4H3,(H,32,36)/t21-/m0/s1. The van der Waals surface area contributed by atoms with Crippen molar-refractivity contribution < 1.29 is 18.0 Å². The summed E-state index contributed by atoms with van der Waals surface area (Å²) in [4.78, 5) is 28.3. The molecule has 0 fully saturated rings. The Hall–Kier alpha value is -3.07. The Labute approximate surface area is 240 Å². The summed E-state index contributed by atoms with van der Waals surface area (Å²) in [6.07, 6.45) is 0.487. The summed E-state index contributed by atoms with van der Waals surface area (Å²) in [7, 11) is -4.19. The normalized spacial score (nSPS) is 12.5. The van der Waals surface area contributed by atoms with Gasteiger partial charge in [0.25, 0.3) is 10.0 Å². The number of anilines is 1. The van der Waals surface area contributed by atoms with Gasteiger partial charge in [0.05, 0.1) is 10.6 Å². The van der Waals surface area contributed by atoms with Gasteiger partial charge < -0.3 is 10.2 Å². The highest BCUT2D eigenvalue weighted by Crippen LogP contribution is 2.27. The summed E-state index contributed by atoms with van der Waals surface area (Å²) in [5.41, 5.74) is 0.698. The Bertz CT molecular complexity index is 1390. The third kappa shape index (κ3) is 8.46. The van der Waals surface area contributed by atoms with Crippen LogP contribution in [0.25, 0.3) is 0 Å². The highest BCUT2D eigenvalue weighted by Gasteiger charge is 2.33. The second-order valence-electron chi connectivity index (χ2n) is 10.2. The molecule has 3 aromatic carbocycles. The van der Waals surface area contributed by atoms with Gasteiger partial charge in [0.15, 0.2) is 0 Å². The lowest BCUT2D eigenvalue weighted by molar-refractivity contribution is -0.139. The number of halogens is 2. The highest BCUT2D eigenvalue weighted by molar-refractivity contribution is 7.92. The zero-order valence-electron chi connectivity index (χ0n) is 22.4. The largest absolute Gasteiger partial charge is 0.350 e. The first-order chi connectivity index (χ1) is 18.3. The van der Waals surface area contributed by atoms with E-state index in [0.717, 1.165) is 9.87 Å². The van der Waals surface area contributed by atoms with E-state index in [1.807, 2.05) is 51.1 Å². The first-order valence-electron chi connectivity index (χ1n) is 12.5. The lowest BCUT2D eigenvalue weighted by Gasteiger charge is -2.33. The summed E-state index contributed by atoms with van der Waals surface area (Å²) >= 11 is 12.2.